The molecule has 0 spiro atoms. The van der Waals surface area contributed by atoms with Crippen LogP contribution >= 0.6 is 11.3 Å². The molecule has 4 aromatic rings. The van der Waals surface area contributed by atoms with Gasteiger partial charge in [0.05, 0.1) is 45.6 Å². The van der Waals surface area contributed by atoms with Gasteiger partial charge in [0.25, 0.3) is 5.56 Å². The van der Waals surface area contributed by atoms with Gasteiger partial charge in [-0.25, -0.2) is 4.79 Å². The van der Waals surface area contributed by atoms with Crippen molar-refractivity contribution in [1.29, 1.82) is 0 Å². The minimum atomic E-state index is -0.685. The Morgan fingerprint density at radius 3 is 2.27 bits per heavy atom. The number of methoxy groups -OCH3 is 3. The first-order valence-electron chi connectivity index (χ1n) is 12.6. The van der Waals surface area contributed by atoms with E-state index in [9.17, 15) is 14.4 Å². The molecule has 0 unspecified atom stereocenters. The maximum atomic E-state index is 13.6. The van der Waals surface area contributed by atoms with E-state index in [-0.39, 0.29) is 28.1 Å². The van der Waals surface area contributed by atoms with Crippen LogP contribution in [-0.4, -0.2) is 56.2 Å². The van der Waals surface area contributed by atoms with Crippen LogP contribution < -0.4 is 29.8 Å². The molecule has 0 saturated heterocycles. The summed E-state index contributed by atoms with van der Waals surface area (Å²) in [5, 5.41) is 9.34. The van der Waals surface area contributed by atoms with Gasteiger partial charge in [-0.3, -0.25) is 9.59 Å². The lowest BCUT2D eigenvalue weighted by molar-refractivity contribution is -0.111. The third-order valence-electron chi connectivity index (χ3n) is 5.86. The second kappa shape index (κ2) is 13.0. The molecule has 0 fully saturated rings. The molecule has 2 aromatic carbocycles. The molecule has 0 aliphatic carbocycles. The second-order valence-corrected chi connectivity index (χ2v) is 9.23. The normalized spacial score (nSPS) is 11.0. The largest absolute Gasteiger partial charge is 0.494 e. The molecule has 41 heavy (non-hydrogen) atoms. The van der Waals surface area contributed by atoms with Crippen LogP contribution in [0.15, 0.2) is 52.6 Å². The van der Waals surface area contributed by atoms with Crippen LogP contribution in [-0.2, 0) is 9.53 Å². The summed E-state index contributed by atoms with van der Waals surface area (Å²) in [6.45, 7) is 4.16. The zero-order chi connectivity index (χ0) is 29.5. The van der Waals surface area contributed by atoms with Crippen LogP contribution in [0.5, 0.6) is 23.0 Å². The highest BCUT2D eigenvalue weighted by Gasteiger charge is 2.23. The molecule has 4 rings (SSSR count). The second-order valence-electron chi connectivity index (χ2n) is 8.35. The maximum Gasteiger partial charge on any atom is 0.359 e. The molecule has 0 aliphatic heterocycles. The number of ether oxygens (including phenoxy) is 5. The summed E-state index contributed by atoms with van der Waals surface area (Å²) in [5.41, 5.74) is 0.483. The number of hydrogen-bond acceptors (Lipinski definition) is 10. The summed E-state index contributed by atoms with van der Waals surface area (Å²) in [5.74, 6) is 0.740. The minimum Gasteiger partial charge on any atom is -0.494 e. The fourth-order valence-corrected chi connectivity index (χ4v) is 4.98. The van der Waals surface area contributed by atoms with Gasteiger partial charge >= 0.3 is 5.97 Å². The molecule has 0 bridgehead atoms. The summed E-state index contributed by atoms with van der Waals surface area (Å²) in [6, 6.07) is 10.1. The van der Waals surface area contributed by atoms with Crippen molar-refractivity contribution in [1.82, 2.24) is 9.78 Å². The van der Waals surface area contributed by atoms with Crippen molar-refractivity contribution in [2.45, 2.75) is 13.8 Å². The monoisotopic (exact) mass is 579 g/mol. The number of nitrogens with one attached hydrogen (secondary N) is 1. The Balaban J connectivity index is 1.72. The first-order chi connectivity index (χ1) is 19.8. The number of fused-ring (bicyclic) bond motifs is 1. The van der Waals surface area contributed by atoms with Crippen molar-refractivity contribution in [3.8, 4) is 28.7 Å². The Morgan fingerprint density at radius 1 is 1.00 bits per heavy atom. The van der Waals surface area contributed by atoms with E-state index < -0.39 is 17.4 Å². The zero-order valence-electron chi connectivity index (χ0n) is 23.2. The maximum absolute atomic E-state index is 13.6. The summed E-state index contributed by atoms with van der Waals surface area (Å²) < 4.78 is 27.8. The first kappa shape index (κ1) is 29.2. The predicted octanol–water partition coefficient (Wildman–Crippen LogP) is 4.70. The van der Waals surface area contributed by atoms with Crippen LogP contribution in [0.4, 0.5) is 5.00 Å². The zero-order valence-corrected chi connectivity index (χ0v) is 24.0. The highest BCUT2D eigenvalue weighted by Crippen LogP contribution is 2.38. The quantitative estimate of drug-likeness (QED) is 0.199. The molecule has 2 aromatic heterocycles. The van der Waals surface area contributed by atoms with Gasteiger partial charge in [-0.05, 0) is 61.9 Å². The Kier molecular flexibility index (Phi) is 9.25. The lowest BCUT2D eigenvalue weighted by Crippen LogP contribution is -2.25. The number of esters is 1. The number of anilines is 1. The highest BCUT2D eigenvalue weighted by molar-refractivity contribution is 7.16. The summed E-state index contributed by atoms with van der Waals surface area (Å²) in [4.78, 5) is 39.4. The van der Waals surface area contributed by atoms with Gasteiger partial charge in [-0.2, -0.15) is 9.78 Å². The van der Waals surface area contributed by atoms with Crippen LogP contribution in [0.3, 0.4) is 0 Å². The Morgan fingerprint density at radius 2 is 1.68 bits per heavy atom. The number of hydrogen-bond donors (Lipinski definition) is 1. The van der Waals surface area contributed by atoms with E-state index in [1.54, 1.807) is 54.8 Å². The lowest BCUT2D eigenvalue weighted by Gasteiger charge is -2.12. The molecule has 2 heterocycles. The van der Waals surface area contributed by atoms with E-state index in [1.165, 1.54) is 27.4 Å². The van der Waals surface area contributed by atoms with E-state index in [2.05, 4.69) is 10.4 Å². The SMILES string of the molecule is CCOC(=O)c1nn(-c2ccc(OCC)cc2)c(=O)c2c(NC(=O)/C=C/c3cc(OC)c(OC)c(OC)c3)scc12. The molecule has 1 N–H and O–H groups in total. The van der Waals surface area contributed by atoms with Crippen molar-refractivity contribution >= 4 is 45.1 Å². The minimum absolute atomic E-state index is 0.0416. The van der Waals surface area contributed by atoms with Crippen molar-refractivity contribution in [3.05, 3.63) is 69.5 Å². The topological polar surface area (TPSA) is 127 Å². The molecule has 0 radical (unpaired) electrons. The molecule has 214 valence electrons. The smallest absolute Gasteiger partial charge is 0.359 e. The third kappa shape index (κ3) is 6.17. The Hall–Kier alpha value is -4.84. The number of benzene rings is 2. The first-order valence-corrected chi connectivity index (χ1v) is 13.5. The molecule has 0 saturated carbocycles. The lowest BCUT2D eigenvalue weighted by atomic mass is 10.1. The molecule has 11 nitrogen and oxygen atoms in total. The number of nitrogens with zero attached hydrogens (tertiary/aromatic N) is 2. The fourth-order valence-electron chi connectivity index (χ4n) is 4.04. The standard InChI is InChI=1S/C29H29N3O8S/c1-6-39-19-11-9-18(10-12-19)32-28(34)24-20(25(31-32)29(35)40-7-2)16-41-27(24)30-23(33)13-8-17-14-21(36-3)26(38-5)22(15-17)37-4/h8-16H,6-7H2,1-5H3,(H,30,33)/b13-8+. The highest BCUT2D eigenvalue weighted by atomic mass is 32.1. The van der Waals surface area contributed by atoms with Gasteiger partial charge in [-0.1, -0.05) is 0 Å². The van der Waals surface area contributed by atoms with Gasteiger partial charge in [0.15, 0.2) is 17.2 Å². The number of amides is 1. The Bertz CT molecular complexity index is 1630. The van der Waals surface area contributed by atoms with E-state index in [0.717, 1.165) is 16.0 Å². The van der Waals surface area contributed by atoms with Gasteiger partial charge in [0.2, 0.25) is 11.7 Å². The summed E-state index contributed by atoms with van der Waals surface area (Å²) in [6.07, 6.45) is 2.88. The van der Waals surface area contributed by atoms with Gasteiger partial charge in [-0.15, -0.1) is 11.3 Å². The average molecular weight is 580 g/mol. The molecular formula is C29H29N3O8S. The van der Waals surface area contributed by atoms with E-state index in [4.69, 9.17) is 23.7 Å². The van der Waals surface area contributed by atoms with Crippen LogP contribution in [0.1, 0.15) is 29.9 Å². The van der Waals surface area contributed by atoms with Crippen molar-refractivity contribution < 1.29 is 33.3 Å². The molecule has 12 heteroatoms. The molecule has 0 atom stereocenters. The average Bonchev–Trinajstić information content (AvgIpc) is 3.40. The summed E-state index contributed by atoms with van der Waals surface area (Å²) in [7, 11) is 4.50. The number of rotatable bonds is 11. The number of carbonyl (C=O) groups excluding carboxylic acids is 2. The predicted molar refractivity (Wildman–Crippen MR) is 156 cm³/mol. The number of aromatic nitrogens is 2. The van der Waals surface area contributed by atoms with E-state index in [1.807, 2.05) is 6.92 Å². The molecule has 0 aliphatic rings. The third-order valence-corrected chi connectivity index (χ3v) is 6.76. The van der Waals surface area contributed by atoms with Gasteiger partial charge < -0.3 is 29.0 Å². The Labute approximate surface area is 239 Å². The molecule has 1 amide bonds. The van der Waals surface area contributed by atoms with E-state index >= 15 is 0 Å². The van der Waals surface area contributed by atoms with Gasteiger partial charge in [0.1, 0.15) is 10.8 Å². The van der Waals surface area contributed by atoms with Crippen molar-refractivity contribution in [2.75, 3.05) is 39.9 Å². The van der Waals surface area contributed by atoms with Crippen molar-refractivity contribution in [3.63, 3.8) is 0 Å². The van der Waals surface area contributed by atoms with Crippen LogP contribution in [0.25, 0.3) is 22.5 Å². The van der Waals surface area contributed by atoms with Gasteiger partial charge in [0, 0.05) is 16.8 Å². The van der Waals surface area contributed by atoms with E-state index in [0.29, 0.717) is 40.9 Å². The summed E-state index contributed by atoms with van der Waals surface area (Å²) >= 11 is 1.10. The van der Waals surface area contributed by atoms with Crippen molar-refractivity contribution in [2.24, 2.45) is 0 Å². The molecular weight excluding hydrogens is 550 g/mol. The van der Waals surface area contributed by atoms with Crippen LogP contribution in [0, 0.1) is 0 Å². The fraction of sp³-hybridized carbons (Fsp3) is 0.241. The number of thiophene rings is 1. The number of carbonyl (C=O) groups is 2. The van der Waals surface area contributed by atoms with Crippen LogP contribution in [0.2, 0.25) is 0 Å².